The minimum atomic E-state index is -0.959. The van der Waals surface area contributed by atoms with Crippen molar-refractivity contribution in [2.45, 2.75) is 52.1 Å². The van der Waals surface area contributed by atoms with Gasteiger partial charge >= 0.3 is 5.97 Å². The third-order valence-electron chi connectivity index (χ3n) is 8.23. The number of rotatable bonds is 10. The largest absolute Gasteiger partial charge is 0.478 e. The number of Topliss-reactive ketones (excluding diaryl/α,β-unsaturated/α-hetero) is 1. The summed E-state index contributed by atoms with van der Waals surface area (Å²) >= 11 is 0. The number of nitrogens with zero attached hydrogens (tertiary/aromatic N) is 5. The Morgan fingerprint density at radius 2 is 1.91 bits per heavy atom. The highest BCUT2D eigenvalue weighted by Crippen LogP contribution is 2.26. The molecule has 6 rings (SSSR count). The number of piperazine rings is 1. The summed E-state index contributed by atoms with van der Waals surface area (Å²) in [5.74, 6) is 0.447. The number of aromatic nitrogens is 3. The molecule has 0 spiro atoms. The van der Waals surface area contributed by atoms with Crippen LogP contribution in [0.2, 0.25) is 0 Å². The fourth-order valence-electron chi connectivity index (χ4n) is 5.58. The number of fused-ring (bicyclic) bond motifs is 1. The van der Waals surface area contributed by atoms with Crippen LogP contribution >= 0.6 is 0 Å². The van der Waals surface area contributed by atoms with Gasteiger partial charge in [0.05, 0.1) is 35.8 Å². The fourth-order valence-corrected chi connectivity index (χ4v) is 5.58. The van der Waals surface area contributed by atoms with Crippen molar-refractivity contribution in [2.24, 2.45) is 0 Å². The number of carbonyl (C=O) groups excluding carboxylic acids is 1. The molecule has 0 aliphatic carbocycles. The van der Waals surface area contributed by atoms with Gasteiger partial charge in [-0.3, -0.25) is 9.69 Å². The predicted octanol–water partition coefficient (Wildman–Crippen LogP) is 4.55. The Hall–Kier alpha value is -4.35. The number of halogens is 1. The van der Waals surface area contributed by atoms with E-state index in [-0.39, 0.29) is 30.1 Å². The normalized spacial score (nSPS) is 18.9. The quantitative estimate of drug-likeness (QED) is 0.267. The Balaban J connectivity index is 1.12. The van der Waals surface area contributed by atoms with E-state index >= 15 is 0 Å². The number of carbonyl (C=O) groups is 2. The summed E-state index contributed by atoms with van der Waals surface area (Å²) in [6.07, 6.45) is 1.08. The smallest absolute Gasteiger partial charge is 0.335 e. The molecule has 2 aliphatic rings. The Labute approximate surface area is 248 Å². The van der Waals surface area contributed by atoms with Gasteiger partial charge in [0.1, 0.15) is 24.1 Å². The van der Waals surface area contributed by atoms with Crippen LogP contribution in [0, 0.1) is 5.82 Å². The molecule has 2 aromatic carbocycles. The number of pyridine rings is 1. The van der Waals surface area contributed by atoms with Crippen molar-refractivity contribution in [1.29, 1.82) is 0 Å². The van der Waals surface area contributed by atoms with E-state index in [1.807, 2.05) is 12.1 Å². The molecule has 1 N–H and O–H groups in total. The maximum Gasteiger partial charge on any atom is 0.335 e. The highest BCUT2D eigenvalue weighted by Gasteiger charge is 2.28. The van der Waals surface area contributed by atoms with E-state index in [9.17, 15) is 19.1 Å². The number of hydrogen-bond donors (Lipinski definition) is 1. The molecule has 2 aromatic heterocycles. The molecular weight excluding hydrogens is 553 g/mol. The number of aromatic carboxylic acids is 1. The first kappa shape index (κ1) is 28.8. The lowest BCUT2D eigenvalue weighted by atomic mass is 10.1. The second-order valence-corrected chi connectivity index (χ2v) is 11.2. The van der Waals surface area contributed by atoms with Gasteiger partial charge in [0.15, 0.2) is 5.78 Å². The van der Waals surface area contributed by atoms with Crippen molar-refractivity contribution in [2.75, 3.05) is 31.1 Å². The van der Waals surface area contributed by atoms with E-state index in [1.54, 1.807) is 36.4 Å². The van der Waals surface area contributed by atoms with Crippen molar-refractivity contribution in [3.8, 4) is 5.88 Å². The summed E-state index contributed by atoms with van der Waals surface area (Å²) in [6, 6.07) is 15.2. The molecular formula is C32H34FN5O5. The molecule has 2 saturated heterocycles. The summed E-state index contributed by atoms with van der Waals surface area (Å²) in [5, 5.41) is 9.53. The van der Waals surface area contributed by atoms with Gasteiger partial charge in [-0.1, -0.05) is 18.2 Å². The van der Waals surface area contributed by atoms with Crippen LogP contribution in [0.15, 0.2) is 54.6 Å². The van der Waals surface area contributed by atoms with Gasteiger partial charge in [0, 0.05) is 49.5 Å². The van der Waals surface area contributed by atoms with Crippen LogP contribution in [-0.4, -0.2) is 74.7 Å². The average Bonchev–Trinajstić information content (AvgIpc) is 3.31. The van der Waals surface area contributed by atoms with Gasteiger partial charge in [-0.25, -0.2) is 14.2 Å². The average molecular weight is 588 g/mol. The van der Waals surface area contributed by atoms with Crippen LogP contribution in [0.5, 0.6) is 5.88 Å². The fraction of sp³-hybridized carbons (Fsp3) is 0.375. The molecule has 11 heteroatoms. The van der Waals surface area contributed by atoms with Gasteiger partial charge in [-0.15, -0.1) is 0 Å². The van der Waals surface area contributed by atoms with Crippen LogP contribution < -0.4 is 9.64 Å². The highest BCUT2D eigenvalue weighted by atomic mass is 19.1. The van der Waals surface area contributed by atoms with Crippen LogP contribution in [-0.2, 0) is 24.4 Å². The van der Waals surface area contributed by atoms with Crippen molar-refractivity contribution >= 4 is 28.6 Å². The molecule has 4 heterocycles. The number of anilines is 1. The first-order valence-electron chi connectivity index (χ1n) is 14.5. The maximum absolute atomic E-state index is 14.4. The predicted molar refractivity (Wildman–Crippen MR) is 158 cm³/mol. The first-order valence-corrected chi connectivity index (χ1v) is 14.5. The SMILES string of the molecule is CC(=O)c1ccc(COc2cccc(N3CCN(Cc4nc5ccc(C(=O)O)cc5n4CC4CCO4)[C@@H](C)C3)n2)c(F)c1. The van der Waals surface area contributed by atoms with E-state index in [4.69, 9.17) is 14.5 Å². The first-order chi connectivity index (χ1) is 20.7. The van der Waals surface area contributed by atoms with Crippen molar-refractivity contribution in [3.05, 3.63) is 82.9 Å². The molecule has 0 bridgehead atoms. The van der Waals surface area contributed by atoms with E-state index in [2.05, 4.69) is 26.3 Å². The zero-order valence-corrected chi connectivity index (χ0v) is 24.2. The van der Waals surface area contributed by atoms with Crippen LogP contribution in [0.3, 0.4) is 0 Å². The molecule has 10 nitrogen and oxygen atoms in total. The lowest BCUT2D eigenvalue weighted by molar-refractivity contribution is -0.0592. The molecule has 224 valence electrons. The molecule has 0 radical (unpaired) electrons. The van der Waals surface area contributed by atoms with Gasteiger partial charge in [-0.05, 0) is 50.6 Å². The third-order valence-corrected chi connectivity index (χ3v) is 8.23. The van der Waals surface area contributed by atoms with Crippen molar-refractivity contribution < 1.29 is 28.6 Å². The van der Waals surface area contributed by atoms with Gasteiger partial charge in [0.2, 0.25) is 5.88 Å². The van der Waals surface area contributed by atoms with E-state index < -0.39 is 11.8 Å². The second kappa shape index (κ2) is 12.1. The van der Waals surface area contributed by atoms with Crippen LogP contribution in [0.25, 0.3) is 11.0 Å². The second-order valence-electron chi connectivity index (χ2n) is 11.2. The highest BCUT2D eigenvalue weighted by molar-refractivity contribution is 5.94. The maximum atomic E-state index is 14.4. The standard InChI is InChI=1S/C32H34FN5O5/c1-20-16-37(29-4-3-5-31(35-29)43-19-24-7-6-22(21(2)39)14-26(24)33)12-11-36(20)18-30-34-27-9-8-23(32(40)41)15-28(27)38(30)17-25-10-13-42-25/h3-9,14-15,20,25H,10-13,16-19H2,1-2H3,(H,40,41)/t20-,25?/m0/s1. The minimum Gasteiger partial charge on any atom is -0.478 e. The minimum absolute atomic E-state index is 0.00546. The number of carboxylic acids is 1. The van der Waals surface area contributed by atoms with Crippen molar-refractivity contribution in [3.63, 3.8) is 0 Å². The van der Waals surface area contributed by atoms with E-state index in [0.29, 0.717) is 30.1 Å². The molecule has 1 unspecified atom stereocenters. The number of ether oxygens (including phenoxy) is 2. The van der Waals surface area contributed by atoms with Gasteiger partial charge in [0.25, 0.3) is 0 Å². The summed E-state index contributed by atoms with van der Waals surface area (Å²) in [6.45, 7) is 7.87. The number of ketones is 1. The summed E-state index contributed by atoms with van der Waals surface area (Å²) in [7, 11) is 0. The third kappa shape index (κ3) is 6.23. The molecule has 2 aliphatic heterocycles. The topological polar surface area (TPSA) is 110 Å². The van der Waals surface area contributed by atoms with Crippen LogP contribution in [0.4, 0.5) is 10.2 Å². The lowest BCUT2D eigenvalue weighted by Gasteiger charge is -2.40. The summed E-state index contributed by atoms with van der Waals surface area (Å²) < 4.78 is 28.1. The van der Waals surface area contributed by atoms with Gasteiger partial charge in [-0.2, -0.15) is 4.98 Å². The number of hydrogen-bond acceptors (Lipinski definition) is 8. The Morgan fingerprint density at radius 1 is 1.09 bits per heavy atom. The van der Waals surface area contributed by atoms with Crippen molar-refractivity contribution in [1.82, 2.24) is 19.4 Å². The monoisotopic (exact) mass is 587 g/mol. The number of carboxylic acid groups (broad SMARTS) is 1. The zero-order valence-electron chi connectivity index (χ0n) is 24.2. The summed E-state index contributed by atoms with van der Waals surface area (Å²) in [4.78, 5) is 37.3. The molecule has 43 heavy (non-hydrogen) atoms. The van der Waals surface area contributed by atoms with Crippen LogP contribution in [0.1, 0.15) is 52.4 Å². The molecule has 2 atom stereocenters. The number of imidazole rings is 1. The Bertz CT molecular complexity index is 1670. The molecule has 0 saturated carbocycles. The Kier molecular flexibility index (Phi) is 8.09. The molecule has 0 amide bonds. The van der Waals surface area contributed by atoms with Gasteiger partial charge < -0.3 is 24.0 Å². The zero-order chi connectivity index (χ0) is 30.1. The molecule has 4 aromatic rings. The number of benzene rings is 2. The van der Waals surface area contributed by atoms with E-state index in [0.717, 1.165) is 55.3 Å². The Morgan fingerprint density at radius 3 is 2.60 bits per heavy atom. The summed E-state index contributed by atoms with van der Waals surface area (Å²) in [5.41, 5.74) is 2.51. The van der Waals surface area contributed by atoms with E-state index in [1.165, 1.54) is 13.0 Å². The lowest BCUT2D eigenvalue weighted by Crippen LogP contribution is -2.52. The molecule has 2 fully saturated rings.